The number of aromatic nitrogens is 2. The molecule has 0 amide bonds. The molecule has 0 atom stereocenters. The van der Waals surface area contributed by atoms with Crippen LogP contribution in [0.15, 0.2) is 54.2 Å². The van der Waals surface area contributed by atoms with E-state index in [0.717, 1.165) is 31.8 Å². The molecule has 0 radical (unpaired) electrons. The third-order valence-electron chi connectivity index (χ3n) is 3.38. The maximum Gasteiger partial charge on any atom is 0.106 e. The lowest BCUT2D eigenvalue weighted by atomic mass is 10.1. The monoisotopic (exact) mass is 297 g/mol. The van der Waals surface area contributed by atoms with E-state index in [9.17, 15) is 0 Å². The first kappa shape index (κ1) is 14.0. The Kier molecular flexibility index (Phi) is 4.82. The molecular weight excluding hydrogens is 278 g/mol. The average molecular weight is 297 g/mol. The second-order valence-electron chi connectivity index (χ2n) is 4.98. The average Bonchev–Trinajstić information content (AvgIpc) is 3.19. The molecule has 108 valence electrons. The van der Waals surface area contributed by atoms with E-state index < -0.39 is 0 Å². The number of benzene rings is 1. The summed E-state index contributed by atoms with van der Waals surface area (Å²) in [6.07, 6.45) is 5.78. The van der Waals surface area contributed by atoms with E-state index in [1.807, 2.05) is 17.5 Å². The third-order valence-corrected chi connectivity index (χ3v) is 4.32. The Balaban J connectivity index is 1.43. The summed E-state index contributed by atoms with van der Waals surface area (Å²) in [7, 11) is 0. The van der Waals surface area contributed by atoms with E-state index >= 15 is 0 Å². The maximum atomic E-state index is 4.23. The molecule has 2 heterocycles. The largest absolute Gasteiger partial charge is 0.349 e. The van der Waals surface area contributed by atoms with Crippen LogP contribution >= 0.6 is 11.3 Å². The summed E-state index contributed by atoms with van der Waals surface area (Å²) in [6, 6.07) is 12.8. The lowest BCUT2D eigenvalue weighted by Crippen LogP contribution is -2.14. The van der Waals surface area contributed by atoms with Gasteiger partial charge in [-0.15, -0.1) is 11.3 Å². The molecule has 0 unspecified atom stereocenters. The molecule has 0 saturated heterocycles. The van der Waals surface area contributed by atoms with Gasteiger partial charge in [-0.05, 0) is 35.5 Å². The van der Waals surface area contributed by atoms with Gasteiger partial charge in [0.2, 0.25) is 0 Å². The predicted octanol–water partition coefficient (Wildman–Crippen LogP) is 3.86. The van der Waals surface area contributed by atoms with Crippen LogP contribution in [0.3, 0.4) is 0 Å². The topological polar surface area (TPSA) is 40.7 Å². The zero-order valence-corrected chi connectivity index (χ0v) is 12.7. The Morgan fingerprint density at radius 1 is 1.14 bits per heavy atom. The fourth-order valence-corrected chi connectivity index (χ4v) is 3.15. The van der Waals surface area contributed by atoms with Crippen LogP contribution in [0.1, 0.15) is 17.1 Å². The summed E-state index contributed by atoms with van der Waals surface area (Å²) in [5.74, 6) is 1.07. The third kappa shape index (κ3) is 4.03. The summed E-state index contributed by atoms with van der Waals surface area (Å²) >= 11 is 1.82. The fourth-order valence-electron chi connectivity index (χ4n) is 2.28. The normalized spacial score (nSPS) is 10.9. The molecule has 2 N–H and O–H groups in total. The number of rotatable bonds is 7. The van der Waals surface area contributed by atoms with E-state index in [-0.39, 0.29) is 0 Å². The smallest absolute Gasteiger partial charge is 0.106 e. The van der Waals surface area contributed by atoms with Crippen molar-refractivity contribution in [2.45, 2.75) is 19.4 Å². The fraction of sp³-hybridized carbons (Fsp3) is 0.235. The Morgan fingerprint density at radius 3 is 2.86 bits per heavy atom. The zero-order chi connectivity index (χ0) is 14.3. The number of H-pyrrole nitrogens is 1. The minimum atomic E-state index is 0.940. The molecule has 3 rings (SSSR count). The summed E-state index contributed by atoms with van der Waals surface area (Å²) in [6.45, 7) is 1.95. The zero-order valence-electron chi connectivity index (χ0n) is 11.9. The molecule has 0 bridgehead atoms. The van der Waals surface area contributed by atoms with Crippen LogP contribution in [0.2, 0.25) is 0 Å². The van der Waals surface area contributed by atoms with Crippen molar-refractivity contribution in [1.82, 2.24) is 15.3 Å². The van der Waals surface area contributed by atoms with Crippen LogP contribution in [0.4, 0.5) is 0 Å². The number of thiophene rings is 1. The molecule has 0 aliphatic carbocycles. The van der Waals surface area contributed by atoms with Crippen molar-refractivity contribution in [2.24, 2.45) is 0 Å². The van der Waals surface area contributed by atoms with Gasteiger partial charge in [-0.2, -0.15) is 0 Å². The number of nitrogens with one attached hydrogen (secondary N) is 2. The highest BCUT2D eigenvalue weighted by Gasteiger charge is 2.02. The molecule has 4 heteroatoms. The molecule has 2 aromatic heterocycles. The van der Waals surface area contributed by atoms with E-state index in [1.54, 1.807) is 6.20 Å². The lowest BCUT2D eigenvalue weighted by molar-refractivity contribution is 0.645. The first-order valence-corrected chi connectivity index (χ1v) is 8.11. The Morgan fingerprint density at radius 2 is 2.05 bits per heavy atom. The second-order valence-corrected chi connectivity index (χ2v) is 5.98. The Hall–Kier alpha value is -1.91. The standard InChI is InChI=1S/C17H19N3S/c1-2-5-14(6-3-1)15-11-16(21-13-15)12-18-8-4-7-17-19-9-10-20-17/h1-3,5-6,9-11,13,18H,4,7-8,12H2,(H,19,20). The number of hydrogen-bond donors (Lipinski definition) is 2. The number of aryl methyl sites for hydroxylation is 1. The SMILES string of the molecule is c1ccc(-c2csc(CNCCCc3ncc[nH]3)c2)cc1. The maximum absolute atomic E-state index is 4.23. The minimum absolute atomic E-state index is 0.940. The van der Waals surface area contributed by atoms with E-state index in [2.05, 4.69) is 57.1 Å². The van der Waals surface area contributed by atoms with Crippen LogP contribution in [0.25, 0.3) is 11.1 Å². The van der Waals surface area contributed by atoms with E-state index in [1.165, 1.54) is 16.0 Å². The van der Waals surface area contributed by atoms with Gasteiger partial charge < -0.3 is 10.3 Å². The van der Waals surface area contributed by atoms with Crippen molar-refractivity contribution < 1.29 is 0 Å². The molecular formula is C17H19N3S. The van der Waals surface area contributed by atoms with Crippen molar-refractivity contribution in [3.05, 3.63) is 64.9 Å². The van der Waals surface area contributed by atoms with Gasteiger partial charge in [0.1, 0.15) is 5.82 Å². The van der Waals surface area contributed by atoms with Gasteiger partial charge >= 0.3 is 0 Å². The number of nitrogens with zero attached hydrogens (tertiary/aromatic N) is 1. The van der Waals surface area contributed by atoms with Gasteiger partial charge in [0.25, 0.3) is 0 Å². The Bertz CT molecular complexity index is 644. The highest BCUT2D eigenvalue weighted by atomic mass is 32.1. The van der Waals surface area contributed by atoms with Gasteiger partial charge in [-0.25, -0.2) is 4.98 Å². The van der Waals surface area contributed by atoms with Gasteiger partial charge in [0.15, 0.2) is 0 Å². The number of imidazole rings is 1. The van der Waals surface area contributed by atoms with Crippen LogP contribution in [-0.2, 0) is 13.0 Å². The summed E-state index contributed by atoms with van der Waals surface area (Å²) < 4.78 is 0. The molecule has 3 aromatic rings. The van der Waals surface area contributed by atoms with Crippen LogP contribution in [0, 0.1) is 0 Å². The van der Waals surface area contributed by atoms with Gasteiger partial charge in [-0.3, -0.25) is 0 Å². The van der Waals surface area contributed by atoms with Gasteiger partial charge in [-0.1, -0.05) is 30.3 Å². The van der Waals surface area contributed by atoms with Crippen molar-refractivity contribution in [1.29, 1.82) is 0 Å². The van der Waals surface area contributed by atoms with Crippen molar-refractivity contribution in [3.63, 3.8) is 0 Å². The summed E-state index contributed by atoms with van der Waals surface area (Å²) in [5.41, 5.74) is 2.60. The van der Waals surface area contributed by atoms with E-state index in [0.29, 0.717) is 0 Å². The highest BCUT2D eigenvalue weighted by Crippen LogP contribution is 2.25. The summed E-state index contributed by atoms with van der Waals surface area (Å²) in [5, 5.41) is 5.73. The van der Waals surface area contributed by atoms with Crippen LogP contribution in [0.5, 0.6) is 0 Å². The lowest BCUT2D eigenvalue weighted by Gasteiger charge is -2.02. The van der Waals surface area contributed by atoms with Gasteiger partial charge in [0, 0.05) is 30.2 Å². The van der Waals surface area contributed by atoms with Gasteiger partial charge in [0.05, 0.1) is 0 Å². The van der Waals surface area contributed by atoms with E-state index in [4.69, 9.17) is 0 Å². The molecule has 21 heavy (non-hydrogen) atoms. The molecule has 0 fully saturated rings. The van der Waals surface area contributed by atoms with Crippen LogP contribution in [-0.4, -0.2) is 16.5 Å². The highest BCUT2D eigenvalue weighted by molar-refractivity contribution is 7.10. The summed E-state index contributed by atoms with van der Waals surface area (Å²) in [4.78, 5) is 8.74. The minimum Gasteiger partial charge on any atom is -0.349 e. The predicted molar refractivity (Wildman–Crippen MR) is 88.4 cm³/mol. The number of aromatic amines is 1. The van der Waals surface area contributed by atoms with Crippen LogP contribution < -0.4 is 5.32 Å². The molecule has 0 spiro atoms. The van der Waals surface area contributed by atoms with Crippen molar-refractivity contribution in [2.75, 3.05) is 6.54 Å². The molecule has 0 aliphatic heterocycles. The first-order valence-electron chi connectivity index (χ1n) is 7.23. The molecule has 0 saturated carbocycles. The first-order chi connectivity index (χ1) is 10.4. The quantitative estimate of drug-likeness (QED) is 0.650. The number of hydrogen-bond acceptors (Lipinski definition) is 3. The van der Waals surface area contributed by atoms with Crippen molar-refractivity contribution in [3.8, 4) is 11.1 Å². The Labute approximate surface area is 129 Å². The molecule has 1 aromatic carbocycles. The molecule has 3 nitrogen and oxygen atoms in total. The van der Waals surface area contributed by atoms with Crippen molar-refractivity contribution >= 4 is 11.3 Å². The molecule has 0 aliphatic rings. The second kappa shape index (κ2) is 7.20.